The van der Waals surface area contributed by atoms with Crippen LogP contribution in [0, 0.1) is 5.41 Å². The smallest absolute Gasteiger partial charge is 0.322 e. The molecule has 0 aromatic heterocycles. The Bertz CT molecular complexity index is 233. The van der Waals surface area contributed by atoms with E-state index in [-0.39, 0.29) is 0 Å². The fraction of sp³-hybridized carbons (Fsp3) is 0.286. The van der Waals surface area contributed by atoms with E-state index >= 15 is 0 Å². The van der Waals surface area contributed by atoms with Crippen molar-refractivity contribution in [3.63, 3.8) is 0 Å². The molecule has 5 nitrogen and oxygen atoms in total. The molecule has 66 valence electrons. The van der Waals surface area contributed by atoms with Crippen LogP contribution in [0.25, 0.3) is 0 Å². The van der Waals surface area contributed by atoms with Crippen LogP contribution in [0.3, 0.4) is 0 Å². The Balaban J connectivity index is 3.89. The number of hydrogen-bond donors (Lipinski definition) is 3. The van der Waals surface area contributed by atoms with Gasteiger partial charge in [0.1, 0.15) is 6.54 Å². The number of allylic oxidation sites excluding steroid dienone is 1. The summed E-state index contributed by atoms with van der Waals surface area (Å²) in [7, 11) is 0. The lowest BCUT2D eigenvalue weighted by Crippen LogP contribution is -2.27. The highest BCUT2D eigenvalue weighted by Gasteiger charge is 1.99. The second kappa shape index (κ2) is 5.06. The van der Waals surface area contributed by atoms with Crippen LogP contribution in [0.5, 0.6) is 0 Å². The maximum absolute atomic E-state index is 10.8. The van der Waals surface area contributed by atoms with E-state index in [1.807, 2.05) is 0 Å². The standard InChI is InChI=1S/C7H10N2O3/c1-5(3-8)2-6(10)9-4-7(11)12/h2-3,8H,4H2,1H3,(H,9,10)(H,11,12)/b5-2-,8-3?. The second-order valence-electron chi connectivity index (χ2n) is 2.14. The van der Waals surface area contributed by atoms with Gasteiger partial charge in [0.15, 0.2) is 0 Å². The number of carbonyl (C=O) groups is 2. The van der Waals surface area contributed by atoms with Gasteiger partial charge in [0.25, 0.3) is 0 Å². The fourth-order valence-corrected chi connectivity index (χ4v) is 0.462. The van der Waals surface area contributed by atoms with E-state index in [0.717, 1.165) is 12.3 Å². The van der Waals surface area contributed by atoms with E-state index in [2.05, 4.69) is 5.32 Å². The molecule has 0 fully saturated rings. The van der Waals surface area contributed by atoms with Gasteiger partial charge < -0.3 is 15.8 Å². The first-order valence-electron chi connectivity index (χ1n) is 3.24. The summed E-state index contributed by atoms with van der Waals surface area (Å²) in [5.74, 6) is -1.59. The predicted molar refractivity (Wildman–Crippen MR) is 43.2 cm³/mol. The van der Waals surface area contributed by atoms with Crippen LogP contribution in [0.4, 0.5) is 0 Å². The average Bonchev–Trinajstić information content (AvgIpc) is 2.00. The second-order valence-corrected chi connectivity index (χ2v) is 2.14. The molecule has 0 aliphatic rings. The minimum atomic E-state index is -1.09. The Morgan fingerprint density at radius 1 is 1.58 bits per heavy atom. The van der Waals surface area contributed by atoms with Gasteiger partial charge in [0.05, 0.1) is 0 Å². The van der Waals surface area contributed by atoms with Gasteiger partial charge in [0, 0.05) is 12.3 Å². The topological polar surface area (TPSA) is 90.3 Å². The van der Waals surface area contributed by atoms with Crippen LogP contribution in [0.2, 0.25) is 0 Å². The molecule has 0 aromatic carbocycles. The summed E-state index contributed by atoms with van der Waals surface area (Å²) in [4.78, 5) is 20.7. The van der Waals surface area contributed by atoms with Crippen molar-refractivity contribution < 1.29 is 14.7 Å². The fourth-order valence-electron chi connectivity index (χ4n) is 0.462. The number of hydrogen-bond acceptors (Lipinski definition) is 3. The van der Waals surface area contributed by atoms with E-state index in [9.17, 15) is 9.59 Å². The highest BCUT2D eigenvalue weighted by molar-refractivity contribution is 5.94. The third kappa shape index (κ3) is 5.16. The Morgan fingerprint density at radius 2 is 2.17 bits per heavy atom. The van der Waals surface area contributed by atoms with Crippen molar-refractivity contribution in [2.24, 2.45) is 0 Å². The normalized spacial score (nSPS) is 10.6. The largest absolute Gasteiger partial charge is 0.480 e. The SMILES string of the molecule is C/C(C=N)=C/C(=O)NCC(=O)O. The van der Waals surface area contributed by atoms with Crippen molar-refractivity contribution in [3.8, 4) is 0 Å². The molecular formula is C7H10N2O3. The highest BCUT2D eigenvalue weighted by atomic mass is 16.4. The Labute approximate surface area is 69.6 Å². The number of carbonyl (C=O) groups excluding carboxylic acids is 1. The van der Waals surface area contributed by atoms with Gasteiger partial charge in [0.2, 0.25) is 5.91 Å². The van der Waals surface area contributed by atoms with Crippen LogP contribution in [-0.4, -0.2) is 29.7 Å². The summed E-state index contributed by atoms with van der Waals surface area (Å²) in [5, 5.41) is 17.0. The molecule has 0 saturated carbocycles. The lowest BCUT2D eigenvalue weighted by atomic mass is 10.3. The number of carboxylic acids is 1. The zero-order chi connectivity index (χ0) is 9.56. The third-order valence-electron chi connectivity index (χ3n) is 1.00. The molecule has 0 atom stereocenters. The monoisotopic (exact) mass is 170 g/mol. The van der Waals surface area contributed by atoms with Gasteiger partial charge in [-0.25, -0.2) is 0 Å². The van der Waals surface area contributed by atoms with E-state index in [1.54, 1.807) is 6.92 Å². The molecule has 0 saturated heterocycles. The van der Waals surface area contributed by atoms with Gasteiger partial charge in [-0.05, 0) is 12.5 Å². The van der Waals surface area contributed by atoms with Crippen molar-refractivity contribution in [2.45, 2.75) is 6.92 Å². The molecule has 0 bridgehead atoms. The number of nitrogens with one attached hydrogen (secondary N) is 2. The van der Waals surface area contributed by atoms with Crippen LogP contribution in [0.1, 0.15) is 6.92 Å². The first kappa shape index (κ1) is 10.3. The Kier molecular flexibility index (Phi) is 4.36. The molecule has 0 heterocycles. The van der Waals surface area contributed by atoms with E-state index in [1.165, 1.54) is 0 Å². The molecular weight excluding hydrogens is 160 g/mol. The van der Waals surface area contributed by atoms with Crippen molar-refractivity contribution in [2.75, 3.05) is 6.54 Å². The van der Waals surface area contributed by atoms with Crippen LogP contribution in [-0.2, 0) is 9.59 Å². The molecule has 0 radical (unpaired) electrons. The van der Waals surface area contributed by atoms with Crippen LogP contribution >= 0.6 is 0 Å². The summed E-state index contributed by atoms with van der Waals surface area (Å²) in [5.41, 5.74) is 0.470. The molecule has 12 heavy (non-hydrogen) atoms. The maximum Gasteiger partial charge on any atom is 0.322 e. The minimum absolute atomic E-state index is 0.402. The van der Waals surface area contributed by atoms with Crippen molar-refractivity contribution in [1.29, 1.82) is 5.41 Å². The number of aliphatic carboxylic acids is 1. The Hall–Kier alpha value is -1.65. The molecule has 0 aliphatic carbocycles. The first-order chi connectivity index (χ1) is 5.56. The van der Waals surface area contributed by atoms with Crippen molar-refractivity contribution >= 4 is 18.1 Å². The van der Waals surface area contributed by atoms with Crippen LogP contribution < -0.4 is 5.32 Å². The molecule has 3 N–H and O–H groups in total. The summed E-state index contributed by atoms with van der Waals surface area (Å²) < 4.78 is 0. The average molecular weight is 170 g/mol. The van der Waals surface area contributed by atoms with Gasteiger partial charge in [-0.3, -0.25) is 9.59 Å². The highest BCUT2D eigenvalue weighted by Crippen LogP contribution is 1.84. The maximum atomic E-state index is 10.8. The van der Waals surface area contributed by atoms with Crippen molar-refractivity contribution in [3.05, 3.63) is 11.6 Å². The van der Waals surface area contributed by atoms with E-state index < -0.39 is 18.4 Å². The number of amides is 1. The predicted octanol–water partition coefficient (Wildman–Crippen LogP) is -0.217. The molecule has 0 aliphatic heterocycles. The van der Waals surface area contributed by atoms with E-state index in [0.29, 0.717) is 5.57 Å². The molecule has 0 aromatic rings. The van der Waals surface area contributed by atoms with E-state index in [4.69, 9.17) is 10.5 Å². The lowest BCUT2D eigenvalue weighted by molar-refractivity contribution is -0.137. The molecule has 0 unspecified atom stereocenters. The number of carboxylic acid groups (broad SMARTS) is 1. The van der Waals surface area contributed by atoms with Crippen LogP contribution in [0.15, 0.2) is 11.6 Å². The first-order valence-corrected chi connectivity index (χ1v) is 3.24. The third-order valence-corrected chi connectivity index (χ3v) is 1.00. The lowest BCUT2D eigenvalue weighted by Gasteiger charge is -1.96. The number of rotatable bonds is 4. The van der Waals surface area contributed by atoms with Gasteiger partial charge >= 0.3 is 5.97 Å². The van der Waals surface area contributed by atoms with Crippen molar-refractivity contribution in [1.82, 2.24) is 5.32 Å². The zero-order valence-corrected chi connectivity index (χ0v) is 6.63. The molecule has 1 amide bonds. The Morgan fingerprint density at radius 3 is 2.58 bits per heavy atom. The summed E-state index contributed by atoms with van der Waals surface area (Å²) in [6, 6.07) is 0. The summed E-state index contributed by atoms with van der Waals surface area (Å²) in [6.07, 6.45) is 2.18. The minimum Gasteiger partial charge on any atom is -0.480 e. The molecule has 0 rings (SSSR count). The summed E-state index contributed by atoms with van der Waals surface area (Å²) in [6.45, 7) is 1.17. The summed E-state index contributed by atoms with van der Waals surface area (Å²) >= 11 is 0. The zero-order valence-electron chi connectivity index (χ0n) is 6.63. The van der Waals surface area contributed by atoms with Gasteiger partial charge in [-0.1, -0.05) is 0 Å². The molecule has 5 heteroatoms. The van der Waals surface area contributed by atoms with Gasteiger partial charge in [-0.15, -0.1) is 0 Å². The van der Waals surface area contributed by atoms with Gasteiger partial charge in [-0.2, -0.15) is 0 Å². The quantitative estimate of drug-likeness (QED) is 0.402. The molecule has 0 spiro atoms.